The fourth-order valence-electron chi connectivity index (χ4n) is 3.21. The van der Waals surface area contributed by atoms with Gasteiger partial charge in [-0.2, -0.15) is 5.26 Å². The van der Waals surface area contributed by atoms with Gasteiger partial charge in [0.2, 0.25) is 5.91 Å². The van der Waals surface area contributed by atoms with Crippen LogP contribution in [0.5, 0.6) is 0 Å². The largest absolute Gasteiger partial charge is 0.457 e. The molecule has 1 aliphatic heterocycles. The average Bonchev–Trinajstić information content (AvgIpc) is 3.14. The number of rotatable bonds is 6. The van der Waals surface area contributed by atoms with E-state index in [1.54, 1.807) is 11.0 Å². The lowest BCUT2D eigenvalue weighted by Gasteiger charge is -2.23. The summed E-state index contributed by atoms with van der Waals surface area (Å²) in [5.41, 5.74) is -0.0722. The molecule has 0 aromatic heterocycles. The summed E-state index contributed by atoms with van der Waals surface area (Å²) in [4.78, 5) is 37.6. The van der Waals surface area contributed by atoms with Crippen molar-refractivity contribution in [3.63, 3.8) is 0 Å². The number of nitrogens with one attached hydrogen (secondary N) is 1. The normalized spacial score (nSPS) is 22.7. The minimum atomic E-state index is -1.18. The molecule has 23 heavy (non-hydrogen) atoms. The second-order valence-corrected chi connectivity index (χ2v) is 6.20. The van der Waals surface area contributed by atoms with Crippen LogP contribution >= 0.6 is 0 Å². The summed E-state index contributed by atoms with van der Waals surface area (Å²) >= 11 is 0. The molecule has 1 saturated carbocycles. The minimum Gasteiger partial charge on any atom is -0.457 e. The van der Waals surface area contributed by atoms with Gasteiger partial charge in [0.1, 0.15) is 5.92 Å². The van der Waals surface area contributed by atoms with Crippen molar-refractivity contribution in [2.75, 3.05) is 13.2 Å². The van der Waals surface area contributed by atoms with Gasteiger partial charge in [0.25, 0.3) is 0 Å². The smallest absolute Gasteiger partial charge is 0.311 e. The number of amides is 1. The van der Waals surface area contributed by atoms with Gasteiger partial charge in [-0.1, -0.05) is 12.8 Å². The van der Waals surface area contributed by atoms with Crippen LogP contribution in [0.4, 0.5) is 0 Å². The molecule has 0 bridgehead atoms. The summed E-state index contributed by atoms with van der Waals surface area (Å²) in [7, 11) is 0. The Balaban J connectivity index is 1.85. The molecule has 1 unspecified atom stereocenters. The molecular weight excluding hydrogens is 298 g/mol. The van der Waals surface area contributed by atoms with Crippen LogP contribution in [0.25, 0.3) is 0 Å². The van der Waals surface area contributed by atoms with Crippen molar-refractivity contribution in [2.24, 2.45) is 11.8 Å². The van der Waals surface area contributed by atoms with E-state index < -0.39 is 30.2 Å². The Bertz CT molecular complexity index is 560. The first-order chi connectivity index (χ1) is 10.9. The number of ketones is 1. The molecule has 2 atom stereocenters. The van der Waals surface area contributed by atoms with Crippen molar-refractivity contribution in [2.45, 2.75) is 45.1 Å². The van der Waals surface area contributed by atoms with E-state index in [1.807, 2.05) is 0 Å². The zero-order chi connectivity index (χ0) is 17.0. The van der Waals surface area contributed by atoms with Crippen LogP contribution in [0.1, 0.15) is 39.0 Å². The Morgan fingerprint density at radius 1 is 1.43 bits per heavy atom. The van der Waals surface area contributed by atoms with Crippen molar-refractivity contribution >= 4 is 23.4 Å². The molecule has 124 valence electrons. The number of nitriles is 1. The molecule has 0 aromatic rings. The minimum absolute atomic E-state index is 0.0320. The molecule has 2 rings (SSSR count). The Kier molecular flexibility index (Phi) is 5.48. The molecule has 1 heterocycles. The summed E-state index contributed by atoms with van der Waals surface area (Å²) in [5, 5.41) is 16.2. The summed E-state index contributed by atoms with van der Waals surface area (Å²) in [5.74, 6) is -2.94. The maximum Gasteiger partial charge on any atom is 0.311 e. The van der Waals surface area contributed by atoms with E-state index in [-0.39, 0.29) is 24.1 Å². The predicted molar refractivity (Wildman–Crippen MR) is 80.5 cm³/mol. The number of Topliss-reactive ketones (excluding diaryl/α,β-unsaturated/α-hetero) is 1. The third-order valence-corrected chi connectivity index (χ3v) is 4.50. The van der Waals surface area contributed by atoms with E-state index in [2.05, 4.69) is 0 Å². The second-order valence-electron chi connectivity index (χ2n) is 6.20. The SMILES string of the molecule is CC(=N)C(C#N)C(=O)COC(=O)[C@H]1CC(=O)N(C2CCCC2)C1. The van der Waals surface area contributed by atoms with Gasteiger partial charge >= 0.3 is 5.97 Å². The van der Waals surface area contributed by atoms with Crippen molar-refractivity contribution in [3.8, 4) is 6.07 Å². The summed E-state index contributed by atoms with van der Waals surface area (Å²) < 4.78 is 4.96. The lowest BCUT2D eigenvalue weighted by molar-refractivity contribution is -0.152. The Morgan fingerprint density at radius 3 is 2.65 bits per heavy atom. The molecule has 7 nitrogen and oxygen atoms in total. The Morgan fingerprint density at radius 2 is 2.09 bits per heavy atom. The van der Waals surface area contributed by atoms with Crippen molar-refractivity contribution in [1.82, 2.24) is 4.90 Å². The van der Waals surface area contributed by atoms with Crippen LogP contribution in [0.15, 0.2) is 0 Å². The van der Waals surface area contributed by atoms with E-state index in [9.17, 15) is 14.4 Å². The zero-order valence-electron chi connectivity index (χ0n) is 13.2. The van der Waals surface area contributed by atoms with Gasteiger partial charge in [0, 0.05) is 24.7 Å². The van der Waals surface area contributed by atoms with E-state index in [0.717, 1.165) is 25.7 Å². The molecule has 1 saturated heterocycles. The molecule has 2 aliphatic rings. The first kappa shape index (κ1) is 17.1. The standard InChI is InChI=1S/C16H21N3O4/c1-10(18)13(7-17)14(20)9-23-16(22)11-6-15(21)19(8-11)12-4-2-3-5-12/h11-13,18H,2-6,8-9H2,1H3/t11-,13?/m0/s1. The van der Waals surface area contributed by atoms with Gasteiger partial charge in [0.15, 0.2) is 12.4 Å². The maximum absolute atomic E-state index is 12.0. The molecule has 7 heteroatoms. The van der Waals surface area contributed by atoms with Crippen LogP contribution in [0, 0.1) is 28.6 Å². The number of carbonyl (C=O) groups is 3. The fourth-order valence-corrected chi connectivity index (χ4v) is 3.21. The highest BCUT2D eigenvalue weighted by molar-refractivity contribution is 6.06. The van der Waals surface area contributed by atoms with Crippen molar-refractivity contribution in [3.05, 3.63) is 0 Å². The summed E-state index contributed by atoms with van der Waals surface area (Å²) in [6.45, 7) is 1.19. The van der Waals surface area contributed by atoms with E-state index >= 15 is 0 Å². The first-order valence-electron chi connectivity index (χ1n) is 7.87. The van der Waals surface area contributed by atoms with Crippen LogP contribution in [-0.2, 0) is 19.1 Å². The fraction of sp³-hybridized carbons (Fsp3) is 0.688. The number of likely N-dealkylation sites (tertiary alicyclic amines) is 1. The topological polar surface area (TPSA) is 111 Å². The van der Waals surface area contributed by atoms with Crippen LogP contribution in [0.2, 0.25) is 0 Å². The van der Waals surface area contributed by atoms with E-state index in [0.29, 0.717) is 6.54 Å². The highest BCUT2D eigenvalue weighted by Gasteiger charge is 2.39. The number of nitrogens with zero attached hydrogens (tertiary/aromatic N) is 2. The van der Waals surface area contributed by atoms with Gasteiger partial charge in [-0.05, 0) is 19.8 Å². The molecule has 0 spiro atoms. The third kappa shape index (κ3) is 3.95. The molecule has 1 amide bonds. The highest BCUT2D eigenvalue weighted by atomic mass is 16.5. The number of hydrogen-bond donors (Lipinski definition) is 1. The maximum atomic E-state index is 12.0. The monoisotopic (exact) mass is 319 g/mol. The highest BCUT2D eigenvalue weighted by Crippen LogP contribution is 2.29. The number of esters is 1. The average molecular weight is 319 g/mol. The van der Waals surface area contributed by atoms with Gasteiger partial charge in [-0.15, -0.1) is 0 Å². The second kappa shape index (κ2) is 7.36. The van der Waals surface area contributed by atoms with Crippen LogP contribution in [0.3, 0.4) is 0 Å². The summed E-state index contributed by atoms with van der Waals surface area (Å²) in [6, 6.07) is 1.95. The van der Waals surface area contributed by atoms with Crippen LogP contribution < -0.4 is 0 Å². The summed E-state index contributed by atoms with van der Waals surface area (Å²) in [6.07, 6.45) is 4.30. The Labute approximate surface area is 135 Å². The number of ether oxygens (including phenoxy) is 1. The first-order valence-corrected chi connectivity index (χ1v) is 7.87. The van der Waals surface area contributed by atoms with E-state index in [1.165, 1.54) is 6.92 Å². The molecular formula is C16H21N3O4. The predicted octanol–water partition coefficient (Wildman–Crippen LogP) is 1.07. The Hall–Kier alpha value is -2.23. The third-order valence-electron chi connectivity index (χ3n) is 4.50. The lowest BCUT2D eigenvalue weighted by Crippen LogP contribution is -2.35. The molecule has 1 N–H and O–H groups in total. The number of carbonyl (C=O) groups excluding carboxylic acids is 3. The lowest BCUT2D eigenvalue weighted by atomic mass is 10.0. The van der Waals surface area contributed by atoms with Gasteiger partial charge in [-0.25, -0.2) is 0 Å². The van der Waals surface area contributed by atoms with Gasteiger partial charge in [-0.3, -0.25) is 14.4 Å². The quantitative estimate of drug-likeness (QED) is 0.581. The van der Waals surface area contributed by atoms with Crippen LogP contribution in [-0.4, -0.2) is 47.5 Å². The number of hydrogen-bond acceptors (Lipinski definition) is 6. The van der Waals surface area contributed by atoms with Crippen molar-refractivity contribution in [1.29, 1.82) is 10.7 Å². The van der Waals surface area contributed by atoms with E-state index in [4.69, 9.17) is 15.4 Å². The molecule has 2 fully saturated rings. The zero-order valence-corrected chi connectivity index (χ0v) is 13.2. The molecule has 1 aliphatic carbocycles. The van der Waals surface area contributed by atoms with Gasteiger partial charge < -0.3 is 15.0 Å². The van der Waals surface area contributed by atoms with Crippen molar-refractivity contribution < 1.29 is 19.1 Å². The molecule has 0 radical (unpaired) electrons. The van der Waals surface area contributed by atoms with Gasteiger partial charge in [0.05, 0.1) is 12.0 Å². The molecule has 0 aromatic carbocycles.